The minimum atomic E-state index is -0.230. The molecular weight excluding hydrogens is 408 g/mol. The van der Waals surface area contributed by atoms with Crippen LogP contribution in [0.4, 0.5) is 10.9 Å². The van der Waals surface area contributed by atoms with Crippen LogP contribution in [-0.2, 0) is 5.41 Å². The summed E-state index contributed by atoms with van der Waals surface area (Å²) in [5.41, 5.74) is 2.57. The van der Waals surface area contributed by atoms with E-state index >= 15 is 0 Å². The Labute approximate surface area is 184 Å². The van der Waals surface area contributed by atoms with Gasteiger partial charge in [-0.05, 0) is 36.6 Å². The molecule has 0 aliphatic carbocycles. The van der Waals surface area contributed by atoms with E-state index < -0.39 is 0 Å². The van der Waals surface area contributed by atoms with Gasteiger partial charge in [-0.15, -0.1) is 11.3 Å². The molecule has 4 heterocycles. The Morgan fingerprint density at radius 1 is 1.03 bits per heavy atom. The van der Waals surface area contributed by atoms with E-state index in [9.17, 15) is 4.79 Å². The molecule has 0 spiro atoms. The quantitative estimate of drug-likeness (QED) is 0.495. The first-order valence-corrected chi connectivity index (χ1v) is 11.1. The van der Waals surface area contributed by atoms with Gasteiger partial charge in [0.05, 0.1) is 5.69 Å². The summed E-state index contributed by atoms with van der Waals surface area (Å²) >= 11 is 1.58. The summed E-state index contributed by atoms with van der Waals surface area (Å²) < 4.78 is 0. The van der Waals surface area contributed by atoms with E-state index in [0.717, 1.165) is 29.5 Å². The summed E-state index contributed by atoms with van der Waals surface area (Å²) in [7, 11) is 0. The molecule has 1 fully saturated rings. The molecule has 1 aliphatic heterocycles. The number of hydrogen-bond donors (Lipinski definition) is 2. The molecule has 3 aromatic heterocycles. The normalized spacial score (nSPS) is 15.5. The highest BCUT2D eigenvalue weighted by atomic mass is 32.1. The SMILES string of the molecule is O=C(c1ccn[nH]1)N1CCC(c2ccccc2)(c2csc(Nc3ccccn3)n2)CC1. The minimum Gasteiger partial charge on any atom is -0.337 e. The molecule has 8 heteroatoms. The molecule has 2 N–H and O–H groups in total. The second kappa shape index (κ2) is 8.31. The predicted octanol–water partition coefficient (Wildman–Crippen LogP) is 4.23. The van der Waals surface area contributed by atoms with E-state index in [-0.39, 0.29) is 11.3 Å². The highest BCUT2D eigenvalue weighted by Crippen LogP contribution is 2.43. The number of carbonyl (C=O) groups is 1. The molecule has 7 nitrogen and oxygen atoms in total. The number of rotatable bonds is 5. The van der Waals surface area contributed by atoms with Crippen LogP contribution in [0.25, 0.3) is 0 Å². The maximum Gasteiger partial charge on any atom is 0.271 e. The van der Waals surface area contributed by atoms with Crippen LogP contribution in [0.5, 0.6) is 0 Å². The number of pyridine rings is 1. The predicted molar refractivity (Wildman–Crippen MR) is 121 cm³/mol. The van der Waals surface area contributed by atoms with Crippen molar-refractivity contribution in [2.45, 2.75) is 18.3 Å². The maximum atomic E-state index is 12.8. The lowest BCUT2D eigenvalue weighted by atomic mass is 9.70. The molecule has 1 aliphatic rings. The number of nitrogens with zero attached hydrogens (tertiary/aromatic N) is 4. The van der Waals surface area contributed by atoms with E-state index in [1.54, 1.807) is 29.8 Å². The van der Waals surface area contributed by atoms with Crippen LogP contribution in [0.2, 0.25) is 0 Å². The highest BCUT2D eigenvalue weighted by Gasteiger charge is 2.41. The van der Waals surface area contributed by atoms with Gasteiger partial charge in [0.2, 0.25) is 0 Å². The summed E-state index contributed by atoms with van der Waals surface area (Å²) in [4.78, 5) is 23.9. The average Bonchev–Trinajstić information content (AvgIpc) is 3.53. The number of aromatic amines is 1. The summed E-state index contributed by atoms with van der Waals surface area (Å²) in [6.07, 6.45) is 4.98. The molecular formula is C23H22N6OS. The van der Waals surface area contributed by atoms with Crippen LogP contribution >= 0.6 is 11.3 Å². The van der Waals surface area contributed by atoms with Crippen molar-refractivity contribution in [3.8, 4) is 0 Å². The van der Waals surface area contributed by atoms with Crippen molar-refractivity contribution in [2.24, 2.45) is 0 Å². The largest absolute Gasteiger partial charge is 0.337 e. The Hall–Kier alpha value is -3.52. The van der Waals surface area contributed by atoms with Crippen LogP contribution in [0.3, 0.4) is 0 Å². The fraction of sp³-hybridized carbons (Fsp3) is 0.217. The molecule has 1 saturated heterocycles. The number of anilines is 2. The lowest BCUT2D eigenvalue weighted by molar-refractivity contribution is 0.0678. The zero-order valence-corrected chi connectivity index (χ0v) is 17.7. The van der Waals surface area contributed by atoms with Gasteiger partial charge in [0.25, 0.3) is 5.91 Å². The fourth-order valence-electron chi connectivity index (χ4n) is 4.18. The number of nitrogens with one attached hydrogen (secondary N) is 2. The molecule has 0 unspecified atom stereocenters. The Balaban J connectivity index is 1.42. The minimum absolute atomic E-state index is 0.00468. The van der Waals surface area contributed by atoms with Crippen molar-refractivity contribution in [2.75, 3.05) is 18.4 Å². The third-order valence-corrected chi connectivity index (χ3v) is 6.61. The second-order valence-corrected chi connectivity index (χ2v) is 8.45. The molecule has 0 atom stereocenters. The van der Waals surface area contributed by atoms with Crippen LogP contribution in [0.15, 0.2) is 72.4 Å². The molecule has 156 valence electrons. The first-order valence-electron chi connectivity index (χ1n) is 10.2. The van der Waals surface area contributed by atoms with Gasteiger partial charge in [-0.1, -0.05) is 36.4 Å². The number of hydrogen-bond acceptors (Lipinski definition) is 6. The molecule has 5 rings (SSSR count). The Morgan fingerprint density at radius 2 is 1.84 bits per heavy atom. The van der Waals surface area contributed by atoms with E-state index in [4.69, 9.17) is 4.98 Å². The fourth-order valence-corrected chi connectivity index (χ4v) is 5.00. The monoisotopic (exact) mass is 430 g/mol. The molecule has 4 aromatic rings. The number of carbonyl (C=O) groups excluding carboxylic acids is 1. The standard InChI is InChI=1S/C23H22N6OS/c30-21(18-9-13-25-28-18)29-14-10-23(11-15-29,17-6-2-1-3-7-17)19-16-31-22(26-19)27-20-8-4-5-12-24-20/h1-9,12-13,16H,10-11,14-15H2,(H,25,28)(H,24,26,27). The number of likely N-dealkylation sites (tertiary alicyclic amines) is 1. The molecule has 0 saturated carbocycles. The van der Waals surface area contributed by atoms with E-state index in [1.165, 1.54) is 5.56 Å². The zero-order chi connectivity index (χ0) is 21.1. The van der Waals surface area contributed by atoms with E-state index in [1.807, 2.05) is 29.2 Å². The van der Waals surface area contributed by atoms with Gasteiger partial charge in [0.15, 0.2) is 5.13 Å². The van der Waals surface area contributed by atoms with Crippen molar-refractivity contribution in [3.05, 3.63) is 89.3 Å². The Bertz CT molecular complexity index is 1140. The van der Waals surface area contributed by atoms with Crippen LogP contribution in [-0.4, -0.2) is 44.1 Å². The van der Waals surface area contributed by atoms with Crippen molar-refractivity contribution < 1.29 is 4.79 Å². The lowest BCUT2D eigenvalue weighted by Crippen LogP contribution is -2.46. The Morgan fingerprint density at radius 3 is 2.55 bits per heavy atom. The molecule has 1 amide bonds. The van der Waals surface area contributed by atoms with Gasteiger partial charge in [-0.25, -0.2) is 9.97 Å². The van der Waals surface area contributed by atoms with Gasteiger partial charge < -0.3 is 10.2 Å². The summed E-state index contributed by atoms with van der Waals surface area (Å²) in [5, 5.41) is 12.9. The molecule has 1 aromatic carbocycles. The molecule has 0 radical (unpaired) electrons. The van der Waals surface area contributed by atoms with Crippen LogP contribution < -0.4 is 5.32 Å². The van der Waals surface area contributed by atoms with Crippen molar-refractivity contribution in [1.82, 2.24) is 25.1 Å². The molecule has 0 bridgehead atoms. The highest BCUT2D eigenvalue weighted by molar-refractivity contribution is 7.13. The lowest BCUT2D eigenvalue weighted by Gasteiger charge is -2.41. The average molecular weight is 431 g/mol. The maximum absolute atomic E-state index is 12.8. The van der Waals surface area contributed by atoms with Crippen molar-refractivity contribution in [3.63, 3.8) is 0 Å². The Kier molecular flexibility index (Phi) is 5.21. The first-order chi connectivity index (χ1) is 15.2. The number of benzene rings is 1. The number of H-pyrrole nitrogens is 1. The zero-order valence-electron chi connectivity index (χ0n) is 16.9. The summed E-state index contributed by atoms with van der Waals surface area (Å²) in [6, 6.07) is 18.0. The first kappa shape index (κ1) is 19.4. The summed E-state index contributed by atoms with van der Waals surface area (Å²) in [5.74, 6) is 0.770. The van der Waals surface area contributed by atoms with Gasteiger partial charge in [-0.3, -0.25) is 9.89 Å². The summed E-state index contributed by atoms with van der Waals surface area (Å²) in [6.45, 7) is 1.32. The van der Waals surface area contributed by atoms with Gasteiger partial charge in [0.1, 0.15) is 11.5 Å². The van der Waals surface area contributed by atoms with Gasteiger partial charge >= 0.3 is 0 Å². The topological polar surface area (TPSA) is 86.8 Å². The van der Waals surface area contributed by atoms with Crippen molar-refractivity contribution >= 4 is 28.2 Å². The van der Waals surface area contributed by atoms with E-state index in [2.05, 4.69) is 50.1 Å². The smallest absolute Gasteiger partial charge is 0.271 e. The number of thiazole rings is 1. The molecule has 31 heavy (non-hydrogen) atoms. The number of aromatic nitrogens is 4. The van der Waals surface area contributed by atoms with Gasteiger partial charge in [-0.2, -0.15) is 5.10 Å². The number of amides is 1. The number of piperidine rings is 1. The van der Waals surface area contributed by atoms with Crippen LogP contribution in [0.1, 0.15) is 34.6 Å². The van der Waals surface area contributed by atoms with E-state index in [0.29, 0.717) is 18.8 Å². The second-order valence-electron chi connectivity index (χ2n) is 7.59. The third kappa shape index (κ3) is 3.82. The third-order valence-electron chi connectivity index (χ3n) is 5.86. The van der Waals surface area contributed by atoms with Gasteiger partial charge in [0, 0.05) is 36.3 Å². The van der Waals surface area contributed by atoms with Crippen LogP contribution in [0, 0.1) is 0 Å². The van der Waals surface area contributed by atoms with Crippen molar-refractivity contribution in [1.29, 1.82) is 0 Å².